The van der Waals surface area contributed by atoms with Crippen LogP contribution in [0.2, 0.25) is 5.02 Å². The van der Waals surface area contributed by atoms with E-state index in [9.17, 15) is 4.79 Å². The lowest BCUT2D eigenvalue weighted by Gasteiger charge is -2.37. The zero-order valence-corrected chi connectivity index (χ0v) is 16.6. The van der Waals surface area contributed by atoms with Gasteiger partial charge in [0.25, 0.3) is 0 Å². The standard InChI is InChI=1S/C20H26ClN3O2/c1-5-26-20(25)16-12-22-18-13(2)17(21)7-6-15(18)19(16)24(4)14-8-10-23(3)11-9-14/h6-7,12,14H,5,8-11H2,1-4H3. The summed E-state index contributed by atoms with van der Waals surface area (Å²) in [6, 6.07) is 4.21. The van der Waals surface area contributed by atoms with Crippen LogP contribution in [0, 0.1) is 6.92 Å². The van der Waals surface area contributed by atoms with Gasteiger partial charge in [-0.3, -0.25) is 4.98 Å². The number of hydrogen-bond acceptors (Lipinski definition) is 5. The number of pyridine rings is 1. The maximum atomic E-state index is 12.6. The molecule has 2 heterocycles. The number of aromatic nitrogens is 1. The van der Waals surface area contributed by atoms with E-state index in [-0.39, 0.29) is 5.97 Å². The molecule has 140 valence electrons. The molecule has 1 aliphatic heterocycles. The van der Waals surface area contributed by atoms with Gasteiger partial charge in [-0.2, -0.15) is 0 Å². The fraction of sp³-hybridized carbons (Fsp3) is 0.500. The molecule has 0 radical (unpaired) electrons. The molecule has 0 bridgehead atoms. The van der Waals surface area contributed by atoms with E-state index in [4.69, 9.17) is 16.3 Å². The van der Waals surface area contributed by atoms with Crippen LogP contribution in [0.25, 0.3) is 10.9 Å². The summed E-state index contributed by atoms with van der Waals surface area (Å²) in [6.07, 6.45) is 3.75. The van der Waals surface area contributed by atoms with Gasteiger partial charge in [-0.25, -0.2) is 4.79 Å². The van der Waals surface area contributed by atoms with Crippen LogP contribution in [0.15, 0.2) is 18.3 Å². The number of carbonyl (C=O) groups excluding carboxylic acids is 1. The van der Waals surface area contributed by atoms with Crippen LogP contribution in [-0.2, 0) is 4.74 Å². The molecule has 26 heavy (non-hydrogen) atoms. The largest absolute Gasteiger partial charge is 0.462 e. The average molecular weight is 376 g/mol. The van der Waals surface area contributed by atoms with Crippen molar-refractivity contribution in [2.45, 2.75) is 32.7 Å². The van der Waals surface area contributed by atoms with Crippen molar-refractivity contribution in [3.63, 3.8) is 0 Å². The lowest BCUT2D eigenvalue weighted by atomic mass is 10.00. The molecule has 0 unspecified atom stereocenters. The number of aryl methyl sites for hydroxylation is 1. The van der Waals surface area contributed by atoms with E-state index in [0.717, 1.165) is 48.1 Å². The van der Waals surface area contributed by atoms with Crippen molar-refractivity contribution < 1.29 is 9.53 Å². The minimum atomic E-state index is -0.329. The molecule has 0 amide bonds. The number of likely N-dealkylation sites (tertiary alicyclic amines) is 1. The number of halogens is 1. The maximum absolute atomic E-state index is 12.6. The maximum Gasteiger partial charge on any atom is 0.341 e. The number of rotatable bonds is 4. The Balaban J connectivity index is 2.13. The van der Waals surface area contributed by atoms with E-state index in [2.05, 4.69) is 28.9 Å². The number of anilines is 1. The van der Waals surface area contributed by atoms with Gasteiger partial charge < -0.3 is 14.5 Å². The van der Waals surface area contributed by atoms with E-state index in [1.54, 1.807) is 6.20 Å². The molecule has 1 aromatic carbocycles. The monoisotopic (exact) mass is 375 g/mol. The number of fused-ring (bicyclic) bond motifs is 1. The molecule has 1 aliphatic rings. The predicted molar refractivity (Wildman–Crippen MR) is 106 cm³/mol. The van der Waals surface area contributed by atoms with Crippen molar-refractivity contribution in [2.75, 3.05) is 38.7 Å². The van der Waals surface area contributed by atoms with Crippen molar-refractivity contribution in [1.29, 1.82) is 0 Å². The molecule has 3 rings (SSSR count). The second-order valence-corrected chi connectivity index (χ2v) is 7.36. The third-order valence-corrected chi connectivity index (χ3v) is 5.69. The lowest BCUT2D eigenvalue weighted by molar-refractivity contribution is 0.0526. The molecule has 6 heteroatoms. The van der Waals surface area contributed by atoms with Crippen molar-refractivity contribution >= 4 is 34.2 Å². The second kappa shape index (κ2) is 7.80. The normalized spacial score (nSPS) is 16.0. The van der Waals surface area contributed by atoms with Crippen LogP contribution >= 0.6 is 11.6 Å². The zero-order chi connectivity index (χ0) is 18.8. The summed E-state index contributed by atoms with van der Waals surface area (Å²) < 4.78 is 5.29. The van der Waals surface area contributed by atoms with Crippen LogP contribution in [0.5, 0.6) is 0 Å². The molecular formula is C20H26ClN3O2. The Hall–Kier alpha value is -1.85. The van der Waals surface area contributed by atoms with E-state index >= 15 is 0 Å². The fourth-order valence-electron chi connectivity index (χ4n) is 3.67. The quantitative estimate of drug-likeness (QED) is 0.758. The highest BCUT2D eigenvalue weighted by molar-refractivity contribution is 6.32. The molecular weight excluding hydrogens is 350 g/mol. The highest BCUT2D eigenvalue weighted by Gasteiger charge is 2.27. The van der Waals surface area contributed by atoms with Gasteiger partial charge in [0, 0.05) is 29.7 Å². The van der Waals surface area contributed by atoms with Gasteiger partial charge in [-0.1, -0.05) is 11.6 Å². The molecule has 2 aromatic rings. The Bertz CT molecular complexity index is 816. The first-order chi connectivity index (χ1) is 12.4. The zero-order valence-electron chi connectivity index (χ0n) is 15.9. The first-order valence-electron chi connectivity index (χ1n) is 9.10. The van der Waals surface area contributed by atoms with Crippen LogP contribution in [0.4, 0.5) is 5.69 Å². The predicted octanol–water partition coefficient (Wildman–Crippen LogP) is 3.90. The average Bonchev–Trinajstić information content (AvgIpc) is 2.64. The molecule has 0 atom stereocenters. The minimum Gasteiger partial charge on any atom is -0.462 e. The first-order valence-corrected chi connectivity index (χ1v) is 9.48. The van der Waals surface area contributed by atoms with E-state index in [1.165, 1.54) is 0 Å². The van der Waals surface area contributed by atoms with E-state index in [0.29, 0.717) is 23.2 Å². The number of ether oxygens (including phenoxy) is 1. The van der Waals surface area contributed by atoms with Gasteiger partial charge in [0.05, 0.1) is 17.8 Å². The van der Waals surface area contributed by atoms with Crippen molar-refractivity contribution in [1.82, 2.24) is 9.88 Å². The number of hydrogen-bond donors (Lipinski definition) is 0. The van der Waals surface area contributed by atoms with Crippen molar-refractivity contribution in [2.24, 2.45) is 0 Å². The summed E-state index contributed by atoms with van der Waals surface area (Å²) in [6.45, 7) is 6.22. The molecule has 0 saturated carbocycles. The van der Waals surface area contributed by atoms with Crippen molar-refractivity contribution in [3.05, 3.63) is 34.5 Å². The fourth-order valence-corrected chi connectivity index (χ4v) is 3.82. The van der Waals surface area contributed by atoms with Gasteiger partial charge in [-0.15, -0.1) is 0 Å². The Kier molecular flexibility index (Phi) is 5.68. The molecule has 0 spiro atoms. The smallest absolute Gasteiger partial charge is 0.341 e. The highest BCUT2D eigenvalue weighted by atomic mass is 35.5. The van der Waals surface area contributed by atoms with Gasteiger partial charge in [0.2, 0.25) is 0 Å². The third-order valence-electron chi connectivity index (χ3n) is 5.28. The van der Waals surface area contributed by atoms with Gasteiger partial charge in [0.1, 0.15) is 5.56 Å². The number of carbonyl (C=O) groups is 1. The van der Waals surface area contributed by atoms with Gasteiger partial charge >= 0.3 is 5.97 Å². The topological polar surface area (TPSA) is 45.7 Å². The Morgan fingerprint density at radius 2 is 2.08 bits per heavy atom. The Labute approximate surface area is 159 Å². The Morgan fingerprint density at radius 1 is 1.38 bits per heavy atom. The SMILES string of the molecule is CCOC(=O)c1cnc2c(C)c(Cl)ccc2c1N(C)C1CCN(C)CC1. The lowest BCUT2D eigenvalue weighted by Crippen LogP contribution is -2.42. The number of benzene rings is 1. The summed E-state index contributed by atoms with van der Waals surface area (Å²) >= 11 is 6.29. The van der Waals surface area contributed by atoms with Gasteiger partial charge in [0.15, 0.2) is 0 Å². The molecule has 5 nitrogen and oxygen atoms in total. The summed E-state index contributed by atoms with van der Waals surface area (Å²) in [7, 11) is 4.21. The number of esters is 1. The van der Waals surface area contributed by atoms with Crippen LogP contribution in [-0.4, -0.2) is 55.7 Å². The Morgan fingerprint density at radius 3 is 2.73 bits per heavy atom. The third kappa shape index (κ3) is 3.51. The second-order valence-electron chi connectivity index (χ2n) is 6.95. The summed E-state index contributed by atoms with van der Waals surface area (Å²) in [5, 5.41) is 1.63. The molecule has 0 aliphatic carbocycles. The molecule has 1 aromatic heterocycles. The van der Waals surface area contributed by atoms with E-state index in [1.807, 2.05) is 26.0 Å². The van der Waals surface area contributed by atoms with E-state index < -0.39 is 0 Å². The number of piperidine rings is 1. The van der Waals surface area contributed by atoms with Crippen molar-refractivity contribution in [3.8, 4) is 0 Å². The van der Waals surface area contributed by atoms with Crippen LogP contribution in [0.3, 0.4) is 0 Å². The highest BCUT2D eigenvalue weighted by Crippen LogP contribution is 2.35. The molecule has 1 fully saturated rings. The molecule has 1 saturated heterocycles. The van der Waals surface area contributed by atoms with Crippen LogP contribution < -0.4 is 4.90 Å². The summed E-state index contributed by atoms with van der Waals surface area (Å²) in [4.78, 5) is 21.7. The summed E-state index contributed by atoms with van der Waals surface area (Å²) in [5.41, 5.74) is 3.17. The molecule has 0 N–H and O–H groups in total. The minimum absolute atomic E-state index is 0.329. The first kappa shape index (κ1) is 18.9. The van der Waals surface area contributed by atoms with Crippen LogP contribution in [0.1, 0.15) is 35.7 Å². The summed E-state index contributed by atoms with van der Waals surface area (Å²) in [5.74, 6) is -0.329. The van der Waals surface area contributed by atoms with Gasteiger partial charge in [-0.05, 0) is 64.5 Å². The number of nitrogens with zero attached hydrogens (tertiary/aromatic N) is 3.